The predicted octanol–water partition coefficient (Wildman–Crippen LogP) is 7.84. The summed E-state index contributed by atoms with van der Waals surface area (Å²) in [5.41, 5.74) is 9.23. The number of carbonyl (C=O) groups is 6. The van der Waals surface area contributed by atoms with Gasteiger partial charge in [-0.05, 0) is 83.8 Å². The maximum absolute atomic E-state index is 13.2. The van der Waals surface area contributed by atoms with Gasteiger partial charge in [0.05, 0.1) is 5.69 Å². The number of unbranched alkanes of at least 4 members (excludes halogenated alkanes) is 3. The van der Waals surface area contributed by atoms with E-state index in [2.05, 4.69) is 65.2 Å². The summed E-state index contributed by atoms with van der Waals surface area (Å²) in [6, 6.07) is 24.8. The molecule has 0 aliphatic carbocycles. The van der Waals surface area contributed by atoms with Gasteiger partial charge in [0.15, 0.2) is 5.78 Å². The summed E-state index contributed by atoms with van der Waals surface area (Å²) in [5.74, 6) is 0.388. The van der Waals surface area contributed by atoms with E-state index in [9.17, 15) is 28.8 Å². The summed E-state index contributed by atoms with van der Waals surface area (Å²) >= 11 is 0. The molecule has 2 aromatic heterocycles. The van der Waals surface area contributed by atoms with E-state index in [4.69, 9.17) is 4.98 Å². The first kappa shape index (κ1) is 49.2. The number of fused-ring (bicyclic) bond motifs is 1. The molecule has 1 atom stereocenters. The Morgan fingerprint density at radius 1 is 0.779 bits per heavy atom. The second-order valence-electron chi connectivity index (χ2n) is 18.1. The average molecular weight is 918 g/mol. The number of hydrogen-bond acceptors (Lipinski definition) is 10. The van der Waals surface area contributed by atoms with Crippen LogP contribution < -0.4 is 5.32 Å². The molecule has 0 saturated carbocycles. The Kier molecular flexibility index (Phi) is 17.2. The number of hydrogen-bond donors (Lipinski definition) is 1. The molecular weight excluding hydrogens is 855 g/mol. The van der Waals surface area contributed by atoms with Crippen molar-refractivity contribution in [2.75, 3.05) is 26.2 Å². The van der Waals surface area contributed by atoms with E-state index in [-0.39, 0.29) is 35.7 Å². The van der Waals surface area contributed by atoms with Crippen LogP contribution in [-0.4, -0.2) is 97.1 Å². The SMILES string of the molecule is CCCCC(=O)N1CCN(Cc2ccc(C(=O)Cc3ccc(C)c(Cc4nccc(-c5cccnc5)n4)c3)cc2)CC1.CCCCCC(=O)Cc1cccc2c1CN(C1CCC(=O)NC1=O)C2=O. The van der Waals surface area contributed by atoms with E-state index in [1.165, 1.54) is 10.5 Å². The highest BCUT2D eigenvalue weighted by atomic mass is 16.2. The number of nitrogens with zero attached hydrogens (tertiary/aromatic N) is 6. The van der Waals surface area contributed by atoms with Crippen molar-refractivity contribution in [1.82, 2.24) is 35.0 Å². The van der Waals surface area contributed by atoms with Crippen molar-refractivity contribution in [3.63, 3.8) is 0 Å². The lowest BCUT2D eigenvalue weighted by Gasteiger charge is -2.34. The second kappa shape index (κ2) is 23.8. The molecular formula is C55H63N7O6. The van der Waals surface area contributed by atoms with Gasteiger partial charge >= 0.3 is 0 Å². The Balaban J connectivity index is 0.000000225. The van der Waals surface area contributed by atoms with Gasteiger partial charge < -0.3 is 9.80 Å². The smallest absolute Gasteiger partial charge is 0.255 e. The molecule has 13 nitrogen and oxygen atoms in total. The van der Waals surface area contributed by atoms with Gasteiger partial charge in [0, 0.05) is 113 Å². The number of pyridine rings is 1. The lowest BCUT2D eigenvalue weighted by Crippen LogP contribution is -2.52. The molecule has 3 aliphatic heterocycles. The van der Waals surface area contributed by atoms with Crippen LogP contribution in [0, 0.1) is 6.92 Å². The summed E-state index contributed by atoms with van der Waals surface area (Å²) in [5, 5.41) is 2.30. The van der Waals surface area contributed by atoms with Crippen molar-refractivity contribution in [1.29, 1.82) is 0 Å². The lowest BCUT2D eigenvalue weighted by molar-refractivity contribution is -0.137. The zero-order valence-corrected chi connectivity index (χ0v) is 39.7. The number of rotatable bonds is 18. The highest BCUT2D eigenvalue weighted by Gasteiger charge is 2.40. The minimum absolute atomic E-state index is 0.102. The molecule has 2 saturated heterocycles. The number of piperidine rings is 1. The molecule has 3 aromatic carbocycles. The number of benzene rings is 3. The van der Waals surface area contributed by atoms with Crippen molar-refractivity contribution in [3.8, 4) is 11.3 Å². The number of aryl methyl sites for hydroxylation is 1. The number of amides is 4. The summed E-state index contributed by atoms with van der Waals surface area (Å²) in [7, 11) is 0. The summed E-state index contributed by atoms with van der Waals surface area (Å²) in [4.78, 5) is 93.3. The molecule has 0 bridgehead atoms. The summed E-state index contributed by atoms with van der Waals surface area (Å²) in [6.07, 6.45) is 13.4. The average Bonchev–Trinajstić information content (AvgIpc) is 3.69. The first-order chi connectivity index (χ1) is 33.0. The summed E-state index contributed by atoms with van der Waals surface area (Å²) in [6.45, 7) is 10.8. The number of aromatic nitrogens is 3. The fourth-order valence-corrected chi connectivity index (χ4v) is 9.03. The molecule has 5 aromatic rings. The number of imide groups is 1. The third-order valence-corrected chi connectivity index (χ3v) is 13.1. The van der Waals surface area contributed by atoms with Gasteiger partial charge in [-0.25, -0.2) is 9.97 Å². The van der Waals surface area contributed by atoms with Crippen molar-refractivity contribution in [2.24, 2.45) is 0 Å². The number of ketones is 2. The monoisotopic (exact) mass is 917 g/mol. The maximum Gasteiger partial charge on any atom is 0.255 e. The molecule has 0 spiro atoms. The molecule has 0 radical (unpaired) electrons. The Labute approximate surface area is 399 Å². The van der Waals surface area contributed by atoms with Gasteiger partial charge in [0.25, 0.3) is 5.91 Å². The van der Waals surface area contributed by atoms with Crippen molar-refractivity contribution in [2.45, 2.75) is 117 Å². The third-order valence-electron chi connectivity index (χ3n) is 13.1. The van der Waals surface area contributed by atoms with Gasteiger partial charge in [0.1, 0.15) is 17.6 Å². The molecule has 3 aliphatic rings. The third kappa shape index (κ3) is 13.0. The quantitative estimate of drug-likeness (QED) is 0.0521. The van der Waals surface area contributed by atoms with Gasteiger partial charge in [0.2, 0.25) is 17.7 Å². The van der Waals surface area contributed by atoms with Gasteiger partial charge in [-0.1, -0.05) is 87.7 Å². The van der Waals surface area contributed by atoms with Gasteiger partial charge in [-0.15, -0.1) is 0 Å². The molecule has 1 N–H and O–H groups in total. The molecule has 4 amide bonds. The van der Waals surface area contributed by atoms with Crippen LogP contribution in [0.3, 0.4) is 0 Å². The largest absolute Gasteiger partial charge is 0.340 e. The van der Waals surface area contributed by atoms with Crippen LogP contribution in [0.25, 0.3) is 11.3 Å². The highest BCUT2D eigenvalue weighted by Crippen LogP contribution is 2.30. The van der Waals surface area contributed by atoms with Crippen LogP contribution in [0.15, 0.2) is 97.5 Å². The van der Waals surface area contributed by atoms with E-state index < -0.39 is 11.9 Å². The first-order valence-corrected chi connectivity index (χ1v) is 24.2. The molecule has 2 fully saturated rings. The molecule has 68 heavy (non-hydrogen) atoms. The number of nitrogens with one attached hydrogen (secondary N) is 1. The number of Topliss-reactive ketones (excluding diaryl/α,β-unsaturated/α-hetero) is 2. The predicted molar refractivity (Wildman–Crippen MR) is 260 cm³/mol. The van der Waals surface area contributed by atoms with E-state index in [0.717, 1.165) is 115 Å². The van der Waals surface area contributed by atoms with Crippen molar-refractivity contribution < 1.29 is 28.8 Å². The lowest BCUT2D eigenvalue weighted by atomic mass is 9.97. The van der Waals surface area contributed by atoms with Crippen molar-refractivity contribution in [3.05, 3.63) is 148 Å². The van der Waals surface area contributed by atoms with Crippen LogP contribution in [0.1, 0.15) is 132 Å². The normalized spacial score (nSPS) is 15.9. The first-order valence-electron chi connectivity index (χ1n) is 24.2. The fourth-order valence-electron chi connectivity index (χ4n) is 9.03. The number of piperazine rings is 1. The Bertz CT molecular complexity index is 2590. The van der Waals surface area contributed by atoms with Crippen LogP contribution in [0.5, 0.6) is 0 Å². The zero-order chi connectivity index (χ0) is 48.0. The maximum atomic E-state index is 13.2. The van der Waals surface area contributed by atoms with E-state index in [1.54, 1.807) is 30.7 Å². The van der Waals surface area contributed by atoms with E-state index in [1.807, 2.05) is 47.4 Å². The molecule has 8 rings (SSSR count). The van der Waals surface area contributed by atoms with Gasteiger partial charge in [-0.2, -0.15) is 0 Å². The second-order valence-corrected chi connectivity index (χ2v) is 18.1. The van der Waals surface area contributed by atoms with Crippen LogP contribution in [0.4, 0.5) is 0 Å². The Hall–Kier alpha value is -6.73. The van der Waals surface area contributed by atoms with E-state index >= 15 is 0 Å². The molecule has 13 heteroatoms. The van der Waals surface area contributed by atoms with Crippen molar-refractivity contribution >= 4 is 35.2 Å². The zero-order valence-electron chi connectivity index (χ0n) is 39.7. The van der Waals surface area contributed by atoms with Gasteiger partial charge in [-0.3, -0.25) is 44.0 Å². The summed E-state index contributed by atoms with van der Waals surface area (Å²) < 4.78 is 0. The van der Waals surface area contributed by atoms with Crippen LogP contribution >= 0.6 is 0 Å². The Morgan fingerprint density at radius 3 is 2.29 bits per heavy atom. The van der Waals surface area contributed by atoms with Crippen LogP contribution in [0.2, 0.25) is 0 Å². The highest BCUT2D eigenvalue weighted by molar-refractivity contribution is 6.05. The topological polar surface area (TPSA) is 163 Å². The molecule has 354 valence electrons. The molecule has 1 unspecified atom stereocenters. The minimum Gasteiger partial charge on any atom is -0.340 e. The number of carbonyl (C=O) groups excluding carboxylic acids is 6. The van der Waals surface area contributed by atoms with E-state index in [0.29, 0.717) is 50.6 Å². The minimum atomic E-state index is -0.624. The van der Waals surface area contributed by atoms with Crippen LogP contribution in [-0.2, 0) is 51.5 Å². The fraction of sp³-hybridized carbons (Fsp3) is 0.400. The molecule has 5 heterocycles. The standard InChI is InChI=1S/C35H39N5O2.C20H24N2O4/c1-3-4-7-35(42)40-19-17-39(18-20-40)25-27-10-12-29(13-11-27)33(41)22-28-9-8-26(2)31(21-28)23-34-37-16-14-32(38-34)30-6-5-15-36-24-30;1-2-3-4-7-14(23)11-13-6-5-8-15-16(13)12-22(20(15)26)17-9-10-18(24)21-19(17)25/h5-6,8-16,21,24H,3-4,7,17-20,22-23,25H2,1-2H3;5-6,8,17H,2-4,7,9-12H2,1H3,(H,21,24,25). The Morgan fingerprint density at radius 2 is 1.56 bits per heavy atom.